The first-order valence-electron chi connectivity index (χ1n) is 10.5. The van der Waals surface area contributed by atoms with E-state index in [1.165, 1.54) is 38.8 Å². The molecule has 2 heterocycles. The first-order chi connectivity index (χ1) is 13.7. The highest BCUT2D eigenvalue weighted by Crippen LogP contribution is 2.24. The van der Waals surface area contributed by atoms with Crippen LogP contribution in [0.2, 0.25) is 0 Å². The van der Waals surface area contributed by atoms with E-state index in [0.717, 1.165) is 46.5 Å². The summed E-state index contributed by atoms with van der Waals surface area (Å²) in [5.41, 5.74) is 2.04. The fraction of sp³-hybridized carbons (Fsp3) is 0.545. The van der Waals surface area contributed by atoms with Gasteiger partial charge in [-0.1, -0.05) is 38.0 Å². The van der Waals surface area contributed by atoms with Crippen LogP contribution in [0.1, 0.15) is 51.0 Å². The average Bonchev–Trinajstić information content (AvgIpc) is 3.24. The summed E-state index contributed by atoms with van der Waals surface area (Å²) in [6.07, 6.45) is 8.14. The summed E-state index contributed by atoms with van der Waals surface area (Å²) in [6.45, 7) is 10.8. The molecule has 0 saturated carbocycles. The minimum Gasteiger partial charge on any atom is -0.494 e. The minimum atomic E-state index is 0. The van der Waals surface area contributed by atoms with Crippen molar-refractivity contribution in [2.24, 2.45) is 0 Å². The second-order valence-corrected chi connectivity index (χ2v) is 8.41. The molecule has 30 heavy (non-hydrogen) atoms. The molecular formula is C22H34Cl2N4OS. The third-order valence-electron chi connectivity index (χ3n) is 4.84. The van der Waals surface area contributed by atoms with Gasteiger partial charge >= 0.3 is 0 Å². The van der Waals surface area contributed by atoms with E-state index in [1.807, 2.05) is 29.8 Å². The molecule has 0 aliphatic carbocycles. The minimum absolute atomic E-state index is 0. The maximum absolute atomic E-state index is 5.95. The SMILES string of the molecule is CCCCN(CCCC)CCCOc1ccc(-c2cn3nc(C)sc3n2)cc1.Cl.Cl. The Hall–Kier alpha value is -1.34. The molecule has 0 radical (unpaired) electrons. The summed E-state index contributed by atoms with van der Waals surface area (Å²) in [5.74, 6) is 0.924. The first-order valence-corrected chi connectivity index (χ1v) is 11.3. The molecule has 2 aromatic heterocycles. The van der Waals surface area contributed by atoms with E-state index in [0.29, 0.717) is 0 Å². The maximum Gasteiger partial charge on any atom is 0.212 e. The summed E-state index contributed by atoms with van der Waals surface area (Å²) in [5, 5.41) is 5.45. The van der Waals surface area contributed by atoms with Crippen LogP contribution < -0.4 is 4.74 Å². The third kappa shape index (κ3) is 7.73. The second kappa shape index (κ2) is 13.9. The Kier molecular flexibility index (Phi) is 12.3. The molecule has 0 unspecified atom stereocenters. The zero-order chi connectivity index (χ0) is 19.8. The number of halogens is 2. The maximum atomic E-state index is 5.95. The number of nitrogens with zero attached hydrogens (tertiary/aromatic N) is 4. The van der Waals surface area contributed by atoms with Crippen molar-refractivity contribution >= 4 is 41.1 Å². The van der Waals surface area contributed by atoms with E-state index < -0.39 is 0 Å². The van der Waals surface area contributed by atoms with Gasteiger partial charge in [-0.25, -0.2) is 9.50 Å². The zero-order valence-corrected chi connectivity index (χ0v) is 20.6. The van der Waals surface area contributed by atoms with Crippen LogP contribution in [0.25, 0.3) is 16.2 Å². The molecule has 0 amide bonds. The lowest BCUT2D eigenvalue weighted by molar-refractivity contribution is 0.229. The summed E-state index contributed by atoms with van der Waals surface area (Å²) < 4.78 is 7.80. The number of ether oxygens (including phenoxy) is 1. The molecule has 3 rings (SSSR count). The number of rotatable bonds is 12. The third-order valence-corrected chi connectivity index (χ3v) is 5.68. The first kappa shape index (κ1) is 26.7. The predicted molar refractivity (Wildman–Crippen MR) is 132 cm³/mol. The van der Waals surface area contributed by atoms with Gasteiger partial charge in [0.2, 0.25) is 4.96 Å². The van der Waals surface area contributed by atoms with E-state index in [2.05, 4.69) is 41.0 Å². The van der Waals surface area contributed by atoms with E-state index in [-0.39, 0.29) is 24.8 Å². The molecular weight excluding hydrogens is 439 g/mol. The highest BCUT2D eigenvalue weighted by molar-refractivity contribution is 7.16. The van der Waals surface area contributed by atoms with Gasteiger partial charge in [-0.15, -0.1) is 24.8 Å². The lowest BCUT2D eigenvalue weighted by Gasteiger charge is -2.21. The van der Waals surface area contributed by atoms with Gasteiger partial charge in [-0.3, -0.25) is 0 Å². The van der Waals surface area contributed by atoms with Crippen LogP contribution in [0.5, 0.6) is 5.75 Å². The van der Waals surface area contributed by atoms with Crippen molar-refractivity contribution in [3.05, 3.63) is 35.5 Å². The van der Waals surface area contributed by atoms with Crippen molar-refractivity contribution in [3.8, 4) is 17.0 Å². The largest absolute Gasteiger partial charge is 0.494 e. The highest BCUT2D eigenvalue weighted by atomic mass is 35.5. The summed E-state index contributed by atoms with van der Waals surface area (Å²) >= 11 is 1.61. The molecule has 0 atom stereocenters. The molecule has 5 nitrogen and oxygen atoms in total. The molecule has 0 N–H and O–H groups in total. The van der Waals surface area contributed by atoms with Crippen molar-refractivity contribution in [1.29, 1.82) is 0 Å². The van der Waals surface area contributed by atoms with Gasteiger partial charge in [0.05, 0.1) is 18.5 Å². The molecule has 3 aromatic rings. The van der Waals surface area contributed by atoms with Crippen LogP contribution in [0, 0.1) is 6.92 Å². The topological polar surface area (TPSA) is 42.7 Å². The monoisotopic (exact) mass is 472 g/mol. The zero-order valence-electron chi connectivity index (χ0n) is 18.2. The highest BCUT2D eigenvalue weighted by Gasteiger charge is 2.08. The Balaban J connectivity index is 0.00000225. The van der Waals surface area contributed by atoms with E-state index in [4.69, 9.17) is 4.74 Å². The Morgan fingerprint density at radius 1 is 0.967 bits per heavy atom. The number of imidazole rings is 1. The molecule has 1 aromatic carbocycles. The standard InChI is InChI=1S/C22H32N4OS.2ClH/c1-4-6-13-25(14-7-5-2)15-8-16-27-20-11-9-19(10-12-20)21-17-26-22(23-21)28-18(3)24-26;;/h9-12,17H,4-8,13-16H2,1-3H3;2*1H. The van der Waals surface area contributed by atoms with Gasteiger partial charge in [-0.2, -0.15) is 5.10 Å². The Bertz CT molecular complexity index is 811. The molecule has 0 aliphatic rings. The lowest BCUT2D eigenvalue weighted by atomic mass is 10.2. The van der Waals surface area contributed by atoms with Crippen molar-refractivity contribution in [2.45, 2.75) is 52.9 Å². The van der Waals surface area contributed by atoms with Crippen molar-refractivity contribution in [1.82, 2.24) is 19.5 Å². The van der Waals surface area contributed by atoms with E-state index in [9.17, 15) is 0 Å². The van der Waals surface area contributed by atoms with Crippen LogP contribution in [0.3, 0.4) is 0 Å². The van der Waals surface area contributed by atoms with Crippen LogP contribution in [-0.4, -0.2) is 45.7 Å². The molecule has 0 saturated heterocycles. The van der Waals surface area contributed by atoms with E-state index in [1.54, 1.807) is 11.3 Å². The Labute approximate surface area is 196 Å². The smallest absolute Gasteiger partial charge is 0.212 e. The Morgan fingerprint density at radius 2 is 1.60 bits per heavy atom. The summed E-state index contributed by atoms with van der Waals surface area (Å²) in [4.78, 5) is 8.17. The van der Waals surface area contributed by atoms with Crippen LogP contribution in [0.4, 0.5) is 0 Å². The summed E-state index contributed by atoms with van der Waals surface area (Å²) in [6, 6.07) is 8.22. The van der Waals surface area contributed by atoms with Crippen molar-refractivity contribution < 1.29 is 4.74 Å². The number of hydrogen-bond acceptors (Lipinski definition) is 5. The van der Waals surface area contributed by atoms with Crippen molar-refractivity contribution in [3.63, 3.8) is 0 Å². The number of hydrogen-bond donors (Lipinski definition) is 0. The number of fused-ring (bicyclic) bond motifs is 1. The molecule has 0 bridgehead atoms. The molecule has 0 spiro atoms. The second-order valence-electron chi connectivity index (χ2n) is 7.25. The van der Waals surface area contributed by atoms with Crippen LogP contribution in [-0.2, 0) is 0 Å². The normalized spacial score (nSPS) is 10.8. The van der Waals surface area contributed by atoms with Crippen LogP contribution in [0.15, 0.2) is 30.5 Å². The van der Waals surface area contributed by atoms with Gasteiger partial charge in [0.25, 0.3) is 0 Å². The fourth-order valence-electron chi connectivity index (χ4n) is 3.24. The van der Waals surface area contributed by atoms with Crippen LogP contribution >= 0.6 is 36.2 Å². The van der Waals surface area contributed by atoms with Gasteiger partial charge in [-0.05, 0) is 63.5 Å². The number of aromatic nitrogens is 3. The Morgan fingerprint density at radius 3 is 2.20 bits per heavy atom. The number of aryl methyl sites for hydroxylation is 1. The van der Waals surface area contributed by atoms with Gasteiger partial charge < -0.3 is 9.64 Å². The molecule has 0 fully saturated rings. The van der Waals surface area contributed by atoms with Gasteiger partial charge in [0.1, 0.15) is 10.8 Å². The van der Waals surface area contributed by atoms with Crippen molar-refractivity contribution in [2.75, 3.05) is 26.2 Å². The molecule has 0 aliphatic heterocycles. The predicted octanol–water partition coefficient (Wildman–Crippen LogP) is 6.28. The lowest BCUT2D eigenvalue weighted by Crippen LogP contribution is -2.28. The fourth-order valence-corrected chi connectivity index (χ4v) is 3.96. The van der Waals surface area contributed by atoms with Gasteiger partial charge in [0.15, 0.2) is 0 Å². The van der Waals surface area contributed by atoms with E-state index >= 15 is 0 Å². The number of benzene rings is 1. The average molecular weight is 474 g/mol. The quantitative estimate of drug-likeness (QED) is 0.290. The summed E-state index contributed by atoms with van der Waals surface area (Å²) in [7, 11) is 0. The number of unbranched alkanes of at least 4 members (excludes halogenated alkanes) is 2. The molecule has 168 valence electrons. The molecule has 8 heteroatoms. The van der Waals surface area contributed by atoms with Gasteiger partial charge in [0, 0.05) is 12.1 Å².